The van der Waals surface area contributed by atoms with E-state index in [1.807, 2.05) is 0 Å². The summed E-state index contributed by atoms with van der Waals surface area (Å²) >= 11 is 0. The summed E-state index contributed by atoms with van der Waals surface area (Å²) in [5, 5.41) is 5.63. The number of imide groups is 1. The third kappa shape index (κ3) is 1.62. The lowest BCUT2D eigenvalue weighted by atomic mass is 10.0. The standard InChI is InChI=1S/C10H8N4O2/c11-14-12-5-4-6-2-1-3-7-8(6)10(16)13-9(7)15/h1-3H,4-5H2,(H,13,15,16). The molecule has 2 rings (SSSR count). The minimum atomic E-state index is -0.378. The van der Waals surface area contributed by atoms with Crippen LogP contribution in [0.5, 0.6) is 0 Å². The highest BCUT2D eigenvalue weighted by atomic mass is 16.2. The third-order valence-corrected chi connectivity index (χ3v) is 2.39. The third-order valence-electron chi connectivity index (χ3n) is 2.39. The molecule has 0 spiro atoms. The molecule has 0 atom stereocenters. The van der Waals surface area contributed by atoms with Crippen LogP contribution in [0.2, 0.25) is 0 Å². The summed E-state index contributed by atoms with van der Waals surface area (Å²) in [6.45, 7) is 0.272. The molecule has 0 aliphatic carbocycles. The predicted octanol–water partition coefficient (Wildman–Crippen LogP) is 1.42. The largest absolute Gasteiger partial charge is 0.288 e. The van der Waals surface area contributed by atoms with Gasteiger partial charge in [0.25, 0.3) is 11.8 Å². The molecule has 1 aromatic carbocycles. The lowest BCUT2D eigenvalue weighted by Gasteiger charge is -2.02. The smallest absolute Gasteiger partial charge is 0.259 e. The fourth-order valence-electron chi connectivity index (χ4n) is 1.71. The van der Waals surface area contributed by atoms with Crippen LogP contribution in [-0.2, 0) is 6.42 Å². The van der Waals surface area contributed by atoms with E-state index in [0.29, 0.717) is 17.5 Å². The van der Waals surface area contributed by atoms with Gasteiger partial charge in [-0.25, -0.2) is 0 Å². The van der Waals surface area contributed by atoms with Crippen molar-refractivity contribution < 1.29 is 9.59 Å². The van der Waals surface area contributed by atoms with Gasteiger partial charge in [-0.3, -0.25) is 14.9 Å². The molecule has 1 aromatic rings. The average Bonchev–Trinajstić information content (AvgIpc) is 2.56. The van der Waals surface area contributed by atoms with Crippen LogP contribution in [0.1, 0.15) is 26.3 Å². The normalized spacial score (nSPS) is 13.0. The molecule has 1 aliphatic rings. The highest BCUT2D eigenvalue weighted by Crippen LogP contribution is 2.20. The Labute approximate surface area is 90.9 Å². The lowest BCUT2D eigenvalue weighted by molar-refractivity contribution is 0.0879. The van der Waals surface area contributed by atoms with Crippen molar-refractivity contribution in [2.45, 2.75) is 6.42 Å². The highest BCUT2D eigenvalue weighted by molar-refractivity contribution is 6.22. The van der Waals surface area contributed by atoms with Crippen molar-refractivity contribution in [1.29, 1.82) is 0 Å². The number of hydrogen-bond donors (Lipinski definition) is 1. The van der Waals surface area contributed by atoms with Gasteiger partial charge >= 0.3 is 0 Å². The first-order valence-electron chi connectivity index (χ1n) is 4.72. The highest BCUT2D eigenvalue weighted by Gasteiger charge is 2.28. The Morgan fingerprint density at radius 1 is 1.31 bits per heavy atom. The number of benzene rings is 1. The van der Waals surface area contributed by atoms with Gasteiger partial charge in [-0.05, 0) is 23.6 Å². The molecule has 0 saturated carbocycles. The van der Waals surface area contributed by atoms with Crippen molar-refractivity contribution in [3.05, 3.63) is 45.3 Å². The van der Waals surface area contributed by atoms with E-state index >= 15 is 0 Å². The summed E-state index contributed by atoms with van der Waals surface area (Å²) in [6.07, 6.45) is 0.452. The maximum Gasteiger partial charge on any atom is 0.259 e. The predicted molar refractivity (Wildman–Crippen MR) is 56.0 cm³/mol. The van der Waals surface area contributed by atoms with Crippen molar-refractivity contribution in [2.24, 2.45) is 5.11 Å². The van der Waals surface area contributed by atoms with Crippen LogP contribution in [0, 0.1) is 0 Å². The van der Waals surface area contributed by atoms with Gasteiger partial charge in [0, 0.05) is 11.5 Å². The topological polar surface area (TPSA) is 94.9 Å². The maximum atomic E-state index is 11.5. The Hall–Kier alpha value is -2.33. The van der Waals surface area contributed by atoms with Gasteiger partial charge in [0.1, 0.15) is 0 Å². The number of azide groups is 1. The van der Waals surface area contributed by atoms with Gasteiger partial charge in [-0.15, -0.1) is 0 Å². The maximum absolute atomic E-state index is 11.5. The summed E-state index contributed by atoms with van der Waals surface area (Å²) in [6, 6.07) is 5.07. The second-order valence-corrected chi connectivity index (χ2v) is 3.33. The quantitative estimate of drug-likeness (QED) is 0.358. The molecular weight excluding hydrogens is 208 g/mol. The summed E-state index contributed by atoms with van der Waals surface area (Å²) in [5.74, 6) is -0.748. The van der Waals surface area contributed by atoms with E-state index in [1.54, 1.807) is 18.2 Å². The van der Waals surface area contributed by atoms with E-state index in [1.165, 1.54) is 0 Å². The summed E-state index contributed by atoms with van der Waals surface area (Å²) in [5.41, 5.74) is 9.68. The second kappa shape index (κ2) is 4.04. The Balaban J connectivity index is 2.37. The Bertz CT molecular complexity index is 518. The second-order valence-electron chi connectivity index (χ2n) is 3.33. The van der Waals surface area contributed by atoms with Crippen molar-refractivity contribution in [3.8, 4) is 0 Å². The SMILES string of the molecule is [N-]=[N+]=NCCc1cccc2c1C(=O)NC2=O. The van der Waals surface area contributed by atoms with Crippen LogP contribution in [0.25, 0.3) is 10.4 Å². The zero-order valence-electron chi connectivity index (χ0n) is 8.30. The number of nitrogens with zero attached hydrogens (tertiary/aromatic N) is 3. The van der Waals surface area contributed by atoms with Gasteiger partial charge < -0.3 is 0 Å². The van der Waals surface area contributed by atoms with Gasteiger partial charge in [0.2, 0.25) is 0 Å². The van der Waals surface area contributed by atoms with Crippen LogP contribution in [0.4, 0.5) is 0 Å². The number of fused-ring (bicyclic) bond motifs is 1. The number of carbonyl (C=O) groups is 2. The van der Waals surface area contributed by atoms with E-state index < -0.39 is 0 Å². The lowest BCUT2D eigenvalue weighted by Crippen LogP contribution is -2.20. The molecule has 0 radical (unpaired) electrons. The Morgan fingerprint density at radius 2 is 2.12 bits per heavy atom. The molecule has 0 aromatic heterocycles. The van der Waals surface area contributed by atoms with Crippen LogP contribution < -0.4 is 5.32 Å². The van der Waals surface area contributed by atoms with Gasteiger partial charge in [-0.2, -0.15) is 0 Å². The monoisotopic (exact) mass is 216 g/mol. The molecule has 0 fully saturated rings. The number of amides is 2. The fraction of sp³-hybridized carbons (Fsp3) is 0.200. The zero-order valence-corrected chi connectivity index (χ0v) is 8.30. The summed E-state index contributed by atoms with van der Waals surface area (Å²) in [4.78, 5) is 25.5. The van der Waals surface area contributed by atoms with Crippen molar-refractivity contribution in [3.63, 3.8) is 0 Å². The number of carbonyl (C=O) groups excluding carboxylic acids is 2. The van der Waals surface area contributed by atoms with Crippen LogP contribution in [0.3, 0.4) is 0 Å². The van der Waals surface area contributed by atoms with Crippen LogP contribution in [-0.4, -0.2) is 18.4 Å². The molecule has 0 saturated heterocycles. The molecule has 16 heavy (non-hydrogen) atoms. The average molecular weight is 216 g/mol. The number of rotatable bonds is 3. The van der Waals surface area contributed by atoms with E-state index in [2.05, 4.69) is 15.3 Å². The number of nitrogens with one attached hydrogen (secondary N) is 1. The first-order chi connectivity index (χ1) is 7.74. The molecule has 1 aliphatic heterocycles. The minimum Gasteiger partial charge on any atom is -0.288 e. The van der Waals surface area contributed by atoms with E-state index in [9.17, 15) is 9.59 Å². The fourth-order valence-corrected chi connectivity index (χ4v) is 1.71. The molecule has 6 heteroatoms. The Morgan fingerprint density at radius 3 is 2.88 bits per heavy atom. The number of hydrogen-bond acceptors (Lipinski definition) is 3. The van der Waals surface area contributed by atoms with Gasteiger partial charge in [-0.1, -0.05) is 17.2 Å². The first-order valence-corrected chi connectivity index (χ1v) is 4.72. The van der Waals surface area contributed by atoms with E-state index in [0.717, 1.165) is 5.56 Å². The van der Waals surface area contributed by atoms with E-state index in [4.69, 9.17) is 5.53 Å². The van der Waals surface area contributed by atoms with Crippen LogP contribution >= 0.6 is 0 Å². The molecule has 2 amide bonds. The Kier molecular flexibility index (Phi) is 2.57. The van der Waals surface area contributed by atoms with Crippen molar-refractivity contribution in [2.75, 3.05) is 6.54 Å². The van der Waals surface area contributed by atoms with Crippen molar-refractivity contribution >= 4 is 11.8 Å². The molecule has 0 bridgehead atoms. The molecular formula is C10H8N4O2. The first kappa shape index (κ1) is 10.2. The zero-order chi connectivity index (χ0) is 11.5. The van der Waals surface area contributed by atoms with Crippen LogP contribution in [0.15, 0.2) is 23.3 Å². The summed E-state index contributed by atoms with van der Waals surface area (Å²) < 4.78 is 0. The molecule has 6 nitrogen and oxygen atoms in total. The molecule has 0 unspecified atom stereocenters. The van der Waals surface area contributed by atoms with Gasteiger partial charge in [0.05, 0.1) is 11.1 Å². The summed E-state index contributed by atoms with van der Waals surface area (Å²) in [7, 11) is 0. The molecule has 80 valence electrons. The minimum absolute atomic E-state index is 0.272. The molecule has 1 heterocycles. The van der Waals surface area contributed by atoms with E-state index in [-0.39, 0.29) is 18.4 Å². The van der Waals surface area contributed by atoms with Crippen molar-refractivity contribution in [1.82, 2.24) is 5.32 Å². The molecule has 1 N–H and O–H groups in total. The van der Waals surface area contributed by atoms with Gasteiger partial charge in [0.15, 0.2) is 0 Å².